The summed E-state index contributed by atoms with van der Waals surface area (Å²) in [5.74, 6) is 2.16. The molecule has 20 heavy (non-hydrogen) atoms. The van der Waals surface area contributed by atoms with E-state index in [4.69, 9.17) is 4.74 Å². The molecule has 2 aliphatic rings. The third-order valence-corrected chi connectivity index (χ3v) is 4.77. The third kappa shape index (κ3) is 3.56. The molecule has 3 nitrogen and oxygen atoms in total. The van der Waals surface area contributed by atoms with Crippen LogP contribution < -0.4 is 5.32 Å². The predicted octanol–water partition coefficient (Wildman–Crippen LogP) is 4.28. The Morgan fingerprint density at radius 2 is 1.75 bits per heavy atom. The monoisotopic (exact) mass is 279 g/mol. The second kappa shape index (κ2) is 5.09. The van der Waals surface area contributed by atoms with Crippen LogP contribution in [0, 0.1) is 17.8 Å². The number of hydrogen-bond acceptors (Lipinski definition) is 2. The fraction of sp³-hybridized carbons (Fsp3) is 0.824. The lowest BCUT2D eigenvalue weighted by Crippen LogP contribution is -2.46. The second-order valence-electron chi connectivity index (χ2n) is 8.13. The zero-order valence-corrected chi connectivity index (χ0v) is 13.6. The van der Waals surface area contributed by atoms with Crippen molar-refractivity contribution in [3.05, 3.63) is 12.2 Å². The zero-order chi connectivity index (χ0) is 15.1. The van der Waals surface area contributed by atoms with Crippen molar-refractivity contribution in [1.82, 2.24) is 5.32 Å². The SMILES string of the molecule is C=C(C)C1C[C@@H]2CC(C)(NC(=O)OC(C)(C)C)C[C@@H]2C1. The van der Waals surface area contributed by atoms with Crippen molar-refractivity contribution in [2.45, 2.75) is 71.4 Å². The molecule has 0 saturated heterocycles. The van der Waals surface area contributed by atoms with Gasteiger partial charge in [-0.3, -0.25) is 0 Å². The van der Waals surface area contributed by atoms with Gasteiger partial charge in [0.25, 0.3) is 0 Å². The summed E-state index contributed by atoms with van der Waals surface area (Å²) in [6, 6.07) is 0. The highest BCUT2D eigenvalue weighted by atomic mass is 16.6. The maximum atomic E-state index is 12.0. The quantitative estimate of drug-likeness (QED) is 0.766. The molecule has 0 aromatic carbocycles. The first-order valence-corrected chi connectivity index (χ1v) is 7.74. The molecule has 0 aliphatic heterocycles. The molecule has 3 heteroatoms. The van der Waals surface area contributed by atoms with Crippen LogP contribution in [0.2, 0.25) is 0 Å². The van der Waals surface area contributed by atoms with E-state index in [0.29, 0.717) is 5.92 Å². The number of carbonyl (C=O) groups is 1. The number of ether oxygens (including phenoxy) is 1. The van der Waals surface area contributed by atoms with E-state index in [0.717, 1.165) is 24.7 Å². The summed E-state index contributed by atoms with van der Waals surface area (Å²) in [5, 5.41) is 3.10. The lowest BCUT2D eigenvalue weighted by Gasteiger charge is -2.29. The number of rotatable bonds is 2. The molecule has 2 saturated carbocycles. The smallest absolute Gasteiger partial charge is 0.408 e. The highest BCUT2D eigenvalue weighted by molar-refractivity contribution is 5.68. The summed E-state index contributed by atoms with van der Waals surface area (Å²) in [5.41, 5.74) is 0.790. The minimum atomic E-state index is -0.431. The molecule has 1 N–H and O–H groups in total. The number of carbonyl (C=O) groups excluding carboxylic acids is 1. The van der Waals surface area contributed by atoms with Gasteiger partial charge in [-0.05, 0) is 78.1 Å². The Morgan fingerprint density at radius 3 is 2.15 bits per heavy atom. The molecular weight excluding hydrogens is 250 g/mol. The minimum Gasteiger partial charge on any atom is -0.444 e. The summed E-state index contributed by atoms with van der Waals surface area (Å²) in [6.07, 6.45) is 4.34. The van der Waals surface area contributed by atoms with E-state index < -0.39 is 5.60 Å². The van der Waals surface area contributed by atoms with Crippen LogP contribution in [0.15, 0.2) is 12.2 Å². The van der Waals surface area contributed by atoms with Gasteiger partial charge in [-0.2, -0.15) is 0 Å². The molecule has 2 unspecified atom stereocenters. The Kier molecular flexibility index (Phi) is 3.92. The highest BCUT2D eigenvalue weighted by Gasteiger charge is 2.48. The first-order valence-electron chi connectivity index (χ1n) is 7.74. The first-order chi connectivity index (χ1) is 9.08. The molecule has 2 rings (SSSR count). The molecule has 0 spiro atoms. The molecule has 2 aliphatic carbocycles. The van der Waals surface area contributed by atoms with Gasteiger partial charge < -0.3 is 10.1 Å². The Labute approximate surface area is 123 Å². The number of nitrogens with one attached hydrogen (secondary N) is 1. The van der Waals surface area contributed by atoms with Gasteiger partial charge in [0.2, 0.25) is 0 Å². The van der Waals surface area contributed by atoms with Crippen LogP contribution in [0.5, 0.6) is 0 Å². The van der Waals surface area contributed by atoms with Gasteiger partial charge in [0.15, 0.2) is 0 Å². The molecule has 0 aromatic rings. The minimum absolute atomic E-state index is 0.0995. The lowest BCUT2D eigenvalue weighted by molar-refractivity contribution is 0.0461. The van der Waals surface area contributed by atoms with Gasteiger partial charge in [-0.25, -0.2) is 4.79 Å². The van der Waals surface area contributed by atoms with Gasteiger partial charge in [0.05, 0.1) is 0 Å². The van der Waals surface area contributed by atoms with Crippen LogP contribution in [0.25, 0.3) is 0 Å². The van der Waals surface area contributed by atoms with Crippen molar-refractivity contribution >= 4 is 6.09 Å². The van der Waals surface area contributed by atoms with Gasteiger partial charge in [-0.15, -0.1) is 0 Å². The maximum Gasteiger partial charge on any atom is 0.408 e. The van der Waals surface area contributed by atoms with Crippen molar-refractivity contribution < 1.29 is 9.53 Å². The van der Waals surface area contributed by atoms with E-state index in [1.54, 1.807) is 0 Å². The molecule has 2 fully saturated rings. The Bertz CT molecular complexity index is 394. The van der Waals surface area contributed by atoms with E-state index in [-0.39, 0.29) is 11.6 Å². The van der Waals surface area contributed by atoms with Crippen molar-refractivity contribution in [1.29, 1.82) is 0 Å². The van der Waals surface area contributed by atoms with Crippen LogP contribution in [0.1, 0.15) is 60.3 Å². The van der Waals surface area contributed by atoms with Crippen molar-refractivity contribution in [3.8, 4) is 0 Å². The number of alkyl carbamates (subject to hydrolysis) is 1. The van der Waals surface area contributed by atoms with E-state index in [2.05, 4.69) is 25.7 Å². The first kappa shape index (κ1) is 15.4. The van der Waals surface area contributed by atoms with Gasteiger partial charge in [0, 0.05) is 5.54 Å². The van der Waals surface area contributed by atoms with E-state index in [1.165, 1.54) is 18.4 Å². The summed E-state index contributed by atoms with van der Waals surface area (Å²) in [6.45, 7) is 14.1. The number of fused-ring (bicyclic) bond motifs is 1. The Balaban J connectivity index is 1.90. The molecule has 0 heterocycles. The Hall–Kier alpha value is -0.990. The molecule has 0 aromatic heterocycles. The largest absolute Gasteiger partial charge is 0.444 e. The van der Waals surface area contributed by atoms with Gasteiger partial charge in [-0.1, -0.05) is 12.2 Å². The van der Waals surface area contributed by atoms with E-state index in [1.807, 2.05) is 20.8 Å². The second-order valence-corrected chi connectivity index (χ2v) is 8.13. The van der Waals surface area contributed by atoms with Crippen LogP contribution >= 0.6 is 0 Å². The normalized spacial score (nSPS) is 36.5. The average Bonchev–Trinajstić information content (AvgIpc) is 2.68. The number of hydrogen-bond donors (Lipinski definition) is 1. The van der Waals surface area contributed by atoms with Crippen molar-refractivity contribution in [2.24, 2.45) is 17.8 Å². The number of amides is 1. The fourth-order valence-corrected chi connectivity index (χ4v) is 4.01. The highest BCUT2D eigenvalue weighted by Crippen LogP contribution is 2.52. The van der Waals surface area contributed by atoms with E-state index in [9.17, 15) is 4.79 Å². The van der Waals surface area contributed by atoms with Crippen molar-refractivity contribution in [2.75, 3.05) is 0 Å². The summed E-state index contributed by atoms with van der Waals surface area (Å²) >= 11 is 0. The van der Waals surface area contributed by atoms with Crippen LogP contribution in [-0.4, -0.2) is 17.2 Å². The molecule has 0 bridgehead atoms. The third-order valence-electron chi connectivity index (χ3n) is 4.77. The average molecular weight is 279 g/mol. The summed E-state index contributed by atoms with van der Waals surface area (Å²) in [7, 11) is 0. The standard InChI is InChI=1S/C17H29NO2/c1-11(2)12-7-13-9-17(6,10-14(13)8-12)18-15(19)20-16(3,4)5/h12-14H,1,7-10H2,2-6H3,(H,18,19)/t12?,13-,14+,17?. The van der Waals surface area contributed by atoms with Crippen LogP contribution in [0.4, 0.5) is 4.79 Å². The summed E-state index contributed by atoms with van der Waals surface area (Å²) in [4.78, 5) is 12.0. The van der Waals surface area contributed by atoms with Crippen LogP contribution in [0.3, 0.4) is 0 Å². The zero-order valence-electron chi connectivity index (χ0n) is 13.6. The van der Waals surface area contributed by atoms with Crippen molar-refractivity contribution in [3.63, 3.8) is 0 Å². The Morgan fingerprint density at radius 1 is 1.25 bits per heavy atom. The topological polar surface area (TPSA) is 38.3 Å². The number of allylic oxidation sites excluding steroid dienone is 1. The molecular formula is C17H29NO2. The van der Waals surface area contributed by atoms with Gasteiger partial charge in [0.1, 0.15) is 5.60 Å². The maximum absolute atomic E-state index is 12.0. The van der Waals surface area contributed by atoms with Gasteiger partial charge >= 0.3 is 6.09 Å². The summed E-state index contributed by atoms with van der Waals surface area (Å²) < 4.78 is 5.38. The molecule has 1 amide bonds. The fourth-order valence-electron chi connectivity index (χ4n) is 4.01. The lowest BCUT2D eigenvalue weighted by atomic mass is 9.91. The predicted molar refractivity (Wildman–Crippen MR) is 81.5 cm³/mol. The molecule has 0 radical (unpaired) electrons. The van der Waals surface area contributed by atoms with E-state index >= 15 is 0 Å². The molecule has 4 atom stereocenters. The molecule has 114 valence electrons. The van der Waals surface area contributed by atoms with Crippen LogP contribution in [-0.2, 0) is 4.74 Å².